The van der Waals surface area contributed by atoms with Crippen molar-refractivity contribution in [1.29, 1.82) is 0 Å². The van der Waals surface area contributed by atoms with Crippen molar-refractivity contribution in [2.75, 3.05) is 6.54 Å². The number of carbonyl (C=O) groups excluding carboxylic acids is 1. The van der Waals surface area contributed by atoms with Crippen molar-refractivity contribution in [3.8, 4) is 0 Å². The largest absolute Gasteiger partial charge is 0.354 e. The van der Waals surface area contributed by atoms with E-state index in [1.54, 1.807) is 11.5 Å². The zero-order valence-corrected chi connectivity index (χ0v) is 17.2. The summed E-state index contributed by atoms with van der Waals surface area (Å²) in [5.74, 6) is -0.0456. The van der Waals surface area contributed by atoms with Gasteiger partial charge in [-0.2, -0.15) is 4.98 Å². The second-order valence-corrected chi connectivity index (χ2v) is 7.35. The maximum Gasteiger partial charge on any atom is 0.348 e. The molecule has 1 amide bonds. The Morgan fingerprint density at radius 3 is 2.41 bits per heavy atom. The molecule has 1 N–H and O–H groups in total. The first-order valence-corrected chi connectivity index (χ1v) is 9.88. The van der Waals surface area contributed by atoms with Crippen LogP contribution in [0.5, 0.6) is 0 Å². The SMILES string of the molecule is Cc1cc(C)n(CCNC(=O)C[C@H](c2ccccc2)c2ccccc2C)c(=O)n1. The van der Waals surface area contributed by atoms with Gasteiger partial charge in [0.15, 0.2) is 0 Å². The lowest BCUT2D eigenvalue weighted by Gasteiger charge is -2.20. The number of hydrogen-bond acceptors (Lipinski definition) is 3. The molecule has 3 rings (SSSR count). The number of nitrogens with zero attached hydrogens (tertiary/aromatic N) is 2. The van der Waals surface area contributed by atoms with Crippen LogP contribution in [-0.4, -0.2) is 22.0 Å². The van der Waals surface area contributed by atoms with Crippen LogP contribution in [0.2, 0.25) is 0 Å². The van der Waals surface area contributed by atoms with Gasteiger partial charge in [-0.1, -0.05) is 54.6 Å². The van der Waals surface area contributed by atoms with E-state index >= 15 is 0 Å². The predicted octanol–water partition coefficient (Wildman–Crippen LogP) is 3.51. The van der Waals surface area contributed by atoms with E-state index in [2.05, 4.69) is 41.5 Å². The highest BCUT2D eigenvalue weighted by atomic mass is 16.2. The van der Waals surface area contributed by atoms with Crippen molar-refractivity contribution in [2.45, 2.75) is 39.7 Å². The van der Waals surface area contributed by atoms with Gasteiger partial charge in [0.05, 0.1) is 0 Å². The van der Waals surface area contributed by atoms with E-state index in [1.165, 1.54) is 5.56 Å². The number of hydrogen-bond donors (Lipinski definition) is 1. The van der Waals surface area contributed by atoms with E-state index in [1.807, 2.05) is 43.3 Å². The van der Waals surface area contributed by atoms with Crippen molar-refractivity contribution in [2.24, 2.45) is 0 Å². The lowest BCUT2D eigenvalue weighted by atomic mass is 9.86. The molecule has 0 spiro atoms. The Hall–Kier alpha value is -3.21. The van der Waals surface area contributed by atoms with Crippen molar-refractivity contribution in [3.05, 3.63) is 99.2 Å². The van der Waals surface area contributed by atoms with Gasteiger partial charge < -0.3 is 5.32 Å². The second-order valence-electron chi connectivity index (χ2n) is 7.35. The van der Waals surface area contributed by atoms with Crippen LogP contribution < -0.4 is 11.0 Å². The van der Waals surface area contributed by atoms with Gasteiger partial charge in [0.25, 0.3) is 0 Å². The zero-order valence-electron chi connectivity index (χ0n) is 17.2. The molecule has 5 heteroatoms. The molecule has 29 heavy (non-hydrogen) atoms. The summed E-state index contributed by atoms with van der Waals surface area (Å²) in [5, 5.41) is 2.96. The van der Waals surface area contributed by atoms with Crippen LogP contribution in [0.3, 0.4) is 0 Å². The summed E-state index contributed by atoms with van der Waals surface area (Å²) in [7, 11) is 0. The molecule has 0 radical (unpaired) electrons. The smallest absolute Gasteiger partial charge is 0.348 e. The fraction of sp³-hybridized carbons (Fsp3) is 0.292. The first-order valence-electron chi connectivity index (χ1n) is 9.88. The van der Waals surface area contributed by atoms with Gasteiger partial charge in [-0.05, 0) is 43.5 Å². The number of carbonyl (C=O) groups is 1. The Labute approximate surface area is 171 Å². The molecule has 3 aromatic rings. The summed E-state index contributed by atoms with van der Waals surface area (Å²) in [6, 6.07) is 20.1. The van der Waals surface area contributed by atoms with Gasteiger partial charge in [0.1, 0.15) is 0 Å². The van der Waals surface area contributed by atoms with Gasteiger partial charge in [-0.15, -0.1) is 0 Å². The molecule has 5 nitrogen and oxygen atoms in total. The van der Waals surface area contributed by atoms with Crippen molar-refractivity contribution >= 4 is 5.91 Å². The number of amides is 1. The molecule has 0 aliphatic heterocycles. The zero-order chi connectivity index (χ0) is 20.8. The van der Waals surface area contributed by atoms with Crippen LogP contribution in [0.25, 0.3) is 0 Å². The number of aryl methyl sites for hydroxylation is 3. The number of benzene rings is 2. The molecule has 0 bridgehead atoms. The quantitative estimate of drug-likeness (QED) is 0.673. The Kier molecular flexibility index (Phi) is 6.60. The summed E-state index contributed by atoms with van der Waals surface area (Å²) in [5.41, 5.74) is 4.71. The Bertz CT molecular complexity index is 1040. The molecule has 150 valence electrons. The Balaban J connectivity index is 1.70. The molecule has 0 fully saturated rings. The van der Waals surface area contributed by atoms with Crippen molar-refractivity contribution in [1.82, 2.24) is 14.9 Å². The normalized spacial score (nSPS) is 11.8. The molecule has 0 unspecified atom stereocenters. The molecule has 1 atom stereocenters. The standard InChI is InChI=1S/C24H27N3O2/c1-17-9-7-8-12-21(17)22(20-10-5-4-6-11-20)16-23(28)25-13-14-27-19(3)15-18(2)26-24(27)29/h4-12,15,22H,13-14,16H2,1-3H3,(H,25,28)/t22-/m1/s1. The monoisotopic (exact) mass is 389 g/mol. The molecule has 1 aromatic heterocycles. The average molecular weight is 389 g/mol. The molecular formula is C24H27N3O2. The highest BCUT2D eigenvalue weighted by molar-refractivity contribution is 5.77. The van der Waals surface area contributed by atoms with Crippen molar-refractivity contribution < 1.29 is 4.79 Å². The van der Waals surface area contributed by atoms with Crippen LogP contribution in [0.4, 0.5) is 0 Å². The van der Waals surface area contributed by atoms with E-state index in [0.29, 0.717) is 25.2 Å². The first kappa shape index (κ1) is 20.5. The highest BCUT2D eigenvalue weighted by Crippen LogP contribution is 2.30. The maximum absolute atomic E-state index is 12.7. The molecular weight excluding hydrogens is 362 g/mol. The Morgan fingerprint density at radius 1 is 1.03 bits per heavy atom. The lowest BCUT2D eigenvalue weighted by molar-refractivity contribution is -0.121. The maximum atomic E-state index is 12.7. The fourth-order valence-corrected chi connectivity index (χ4v) is 3.68. The third-order valence-corrected chi connectivity index (χ3v) is 5.16. The van der Waals surface area contributed by atoms with Crippen molar-refractivity contribution in [3.63, 3.8) is 0 Å². The summed E-state index contributed by atoms with van der Waals surface area (Å²) < 4.78 is 1.59. The second kappa shape index (κ2) is 9.32. The van der Waals surface area contributed by atoms with E-state index in [0.717, 1.165) is 16.8 Å². The number of rotatable bonds is 7. The fourth-order valence-electron chi connectivity index (χ4n) is 3.68. The van der Waals surface area contributed by atoms with Crippen LogP contribution in [0.1, 0.15) is 40.4 Å². The average Bonchev–Trinajstić information content (AvgIpc) is 2.69. The minimum absolute atomic E-state index is 0.0112. The van der Waals surface area contributed by atoms with E-state index in [4.69, 9.17) is 0 Å². The minimum atomic E-state index is -0.279. The van der Waals surface area contributed by atoms with Crippen LogP contribution in [0.15, 0.2) is 65.5 Å². The molecule has 2 aromatic carbocycles. The predicted molar refractivity (Wildman–Crippen MR) is 115 cm³/mol. The van der Waals surface area contributed by atoms with E-state index in [-0.39, 0.29) is 17.5 Å². The Morgan fingerprint density at radius 2 is 1.72 bits per heavy atom. The molecule has 0 saturated heterocycles. The number of nitrogens with one attached hydrogen (secondary N) is 1. The first-order chi connectivity index (χ1) is 14.0. The van der Waals surface area contributed by atoms with Crippen LogP contribution >= 0.6 is 0 Å². The summed E-state index contributed by atoms with van der Waals surface area (Å²) in [6.45, 7) is 6.55. The van der Waals surface area contributed by atoms with E-state index < -0.39 is 0 Å². The summed E-state index contributed by atoms with van der Waals surface area (Å²) in [6.07, 6.45) is 0.356. The third-order valence-electron chi connectivity index (χ3n) is 5.16. The third kappa shape index (κ3) is 5.19. The van der Waals surface area contributed by atoms with Gasteiger partial charge in [0, 0.05) is 36.8 Å². The van der Waals surface area contributed by atoms with Gasteiger partial charge in [0.2, 0.25) is 5.91 Å². The molecule has 0 saturated carbocycles. The summed E-state index contributed by atoms with van der Waals surface area (Å²) in [4.78, 5) is 28.7. The van der Waals surface area contributed by atoms with E-state index in [9.17, 15) is 9.59 Å². The molecule has 1 heterocycles. The minimum Gasteiger partial charge on any atom is -0.354 e. The van der Waals surface area contributed by atoms with Crippen LogP contribution in [0, 0.1) is 20.8 Å². The van der Waals surface area contributed by atoms with Gasteiger partial charge in [-0.3, -0.25) is 9.36 Å². The highest BCUT2D eigenvalue weighted by Gasteiger charge is 2.19. The number of aromatic nitrogens is 2. The lowest BCUT2D eigenvalue weighted by Crippen LogP contribution is -2.33. The van der Waals surface area contributed by atoms with Gasteiger partial charge >= 0.3 is 5.69 Å². The van der Waals surface area contributed by atoms with Gasteiger partial charge in [-0.25, -0.2) is 4.79 Å². The molecule has 0 aliphatic carbocycles. The molecule has 0 aliphatic rings. The van der Waals surface area contributed by atoms with Crippen LogP contribution in [-0.2, 0) is 11.3 Å². The summed E-state index contributed by atoms with van der Waals surface area (Å²) >= 11 is 0. The topological polar surface area (TPSA) is 64.0 Å².